The Balaban J connectivity index is 1.84. The number of nitrogens with two attached hydrogens (primary N) is 2. The van der Waals surface area contributed by atoms with Gasteiger partial charge in [0.25, 0.3) is 0 Å². The Kier molecular flexibility index (Phi) is 19.4. The van der Waals surface area contributed by atoms with Crippen molar-refractivity contribution in [1.29, 1.82) is 0 Å². The van der Waals surface area contributed by atoms with Crippen LogP contribution in [0.15, 0.2) is 72.1 Å². The number of carbonyl (C=O) groups excluding carboxylic acids is 1. The molecule has 0 bridgehead atoms. The molecule has 0 spiro atoms. The van der Waals surface area contributed by atoms with Crippen LogP contribution in [-0.4, -0.2) is 50.3 Å². The molecule has 0 saturated carbocycles. The van der Waals surface area contributed by atoms with Crippen molar-refractivity contribution in [2.45, 2.75) is 84.2 Å². The lowest BCUT2D eigenvalue weighted by atomic mass is 10.1. The van der Waals surface area contributed by atoms with Gasteiger partial charge in [0, 0.05) is 36.1 Å². The number of hydrogen-bond donors (Lipinski definition) is 5. The number of aliphatic hydroxyl groups is 1. The van der Waals surface area contributed by atoms with Crippen molar-refractivity contribution < 1.29 is 19.4 Å². The van der Waals surface area contributed by atoms with Crippen molar-refractivity contribution in [1.82, 2.24) is 10.6 Å². The second kappa shape index (κ2) is 23.1. The number of ether oxygens (including phenoxy) is 2. The number of aliphatic hydroxyl groups excluding tert-OH is 1. The van der Waals surface area contributed by atoms with Crippen molar-refractivity contribution >= 4 is 5.78 Å². The number of unbranched alkanes of at least 4 members (excludes halogenated alkanes) is 3. The highest BCUT2D eigenvalue weighted by Crippen LogP contribution is 2.21. The monoisotopic (exact) mass is 608 g/mol. The summed E-state index contributed by atoms with van der Waals surface area (Å²) >= 11 is 0. The van der Waals surface area contributed by atoms with Gasteiger partial charge in [-0.25, -0.2) is 0 Å². The summed E-state index contributed by atoms with van der Waals surface area (Å²) in [4.78, 5) is 12.9. The van der Waals surface area contributed by atoms with Crippen molar-refractivity contribution in [3.05, 3.63) is 83.2 Å². The third-order valence-corrected chi connectivity index (χ3v) is 7.17. The zero-order valence-electron chi connectivity index (χ0n) is 27.0. The lowest BCUT2D eigenvalue weighted by Crippen LogP contribution is -2.20. The van der Waals surface area contributed by atoms with Gasteiger partial charge in [-0.1, -0.05) is 38.8 Å². The van der Waals surface area contributed by atoms with Crippen LogP contribution in [-0.2, 0) is 0 Å². The first-order valence-electron chi connectivity index (χ1n) is 16.5. The molecule has 2 aromatic carbocycles. The van der Waals surface area contributed by atoms with E-state index in [0.29, 0.717) is 31.9 Å². The first-order valence-corrected chi connectivity index (χ1v) is 16.5. The SMILES string of the molecule is CCCC/C(=C\C(=O)c1ccc(OCCCN)cc1)NCCCCN/C(=C/C(O)c1ccc(OCCCN)cc1)CCCC. The van der Waals surface area contributed by atoms with E-state index < -0.39 is 6.10 Å². The molecule has 0 aliphatic carbocycles. The number of carbonyl (C=O) groups is 1. The Labute approximate surface area is 265 Å². The molecule has 0 amide bonds. The zero-order valence-corrected chi connectivity index (χ0v) is 27.0. The van der Waals surface area contributed by atoms with E-state index in [-0.39, 0.29) is 5.78 Å². The molecule has 244 valence electrons. The molecule has 0 heterocycles. The van der Waals surface area contributed by atoms with Gasteiger partial charge < -0.3 is 36.7 Å². The normalized spacial score (nSPS) is 12.6. The Bertz CT molecular complexity index is 1100. The highest BCUT2D eigenvalue weighted by Gasteiger charge is 2.09. The van der Waals surface area contributed by atoms with E-state index in [4.69, 9.17) is 20.9 Å². The highest BCUT2D eigenvalue weighted by molar-refractivity contribution is 6.04. The standard InChI is InChI=1S/C36H56N4O4/c1-3-5-11-31(27-35(41)29-13-17-33(18-14-29)43-25-9-21-37)39-23-7-8-24-40-32(12-6-4-2)28-36(42)30-15-19-34(20-16-30)44-26-10-22-38/h13-20,27-28,35,39-41H,3-12,21-26,37-38H2,1-2H3/b31-27+,32-28+. The average Bonchev–Trinajstić information content (AvgIpc) is 3.04. The fraction of sp³-hybridized carbons (Fsp3) is 0.528. The molecule has 2 aromatic rings. The summed E-state index contributed by atoms with van der Waals surface area (Å²) in [6.07, 6.45) is 12.5. The summed E-state index contributed by atoms with van der Waals surface area (Å²) in [7, 11) is 0. The average molecular weight is 609 g/mol. The summed E-state index contributed by atoms with van der Waals surface area (Å²) in [6, 6.07) is 14.9. The Hall–Kier alpha value is -3.33. The van der Waals surface area contributed by atoms with Gasteiger partial charge in [-0.15, -0.1) is 0 Å². The molecule has 1 unspecified atom stereocenters. The predicted octanol–water partition coefficient (Wildman–Crippen LogP) is 6.17. The van der Waals surface area contributed by atoms with Crippen LogP contribution in [0.4, 0.5) is 0 Å². The summed E-state index contributed by atoms with van der Waals surface area (Å²) in [5.41, 5.74) is 14.6. The predicted molar refractivity (Wildman–Crippen MR) is 181 cm³/mol. The largest absolute Gasteiger partial charge is 0.494 e. The van der Waals surface area contributed by atoms with Gasteiger partial charge in [-0.05, 0) is 112 Å². The third-order valence-electron chi connectivity index (χ3n) is 7.17. The van der Waals surface area contributed by atoms with E-state index in [0.717, 1.165) is 106 Å². The fourth-order valence-electron chi connectivity index (χ4n) is 4.48. The van der Waals surface area contributed by atoms with Gasteiger partial charge in [-0.3, -0.25) is 4.79 Å². The molecule has 0 radical (unpaired) electrons. The van der Waals surface area contributed by atoms with Crippen molar-refractivity contribution in [2.75, 3.05) is 39.4 Å². The topological polar surface area (TPSA) is 132 Å². The molecule has 0 fully saturated rings. The molecule has 44 heavy (non-hydrogen) atoms. The number of rotatable bonds is 25. The molecule has 0 aliphatic rings. The molecule has 8 nitrogen and oxygen atoms in total. The molecular weight excluding hydrogens is 552 g/mol. The van der Waals surface area contributed by atoms with Gasteiger partial charge >= 0.3 is 0 Å². The molecule has 2 rings (SSSR count). The third kappa shape index (κ3) is 15.4. The first-order chi connectivity index (χ1) is 21.5. The quantitative estimate of drug-likeness (QED) is 0.0514. The van der Waals surface area contributed by atoms with Crippen molar-refractivity contribution in [3.63, 3.8) is 0 Å². The molecule has 0 aliphatic heterocycles. The summed E-state index contributed by atoms with van der Waals surface area (Å²) in [5.74, 6) is 1.53. The molecule has 7 N–H and O–H groups in total. The molecule has 8 heteroatoms. The van der Waals surface area contributed by atoms with Crippen LogP contribution in [0.25, 0.3) is 0 Å². The maximum Gasteiger partial charge on any atom is 0.187 e. The van der Waals surface area contributed by atoms with Gasteiger partial charge in [0.05, 0.1) is 19.3 Å². The smallest absolute Gasteiger partial charge is 0.187 e. The van der Waals surface area contributed by atoms with Crippen LogP contribution in [0.5, 0.6) is 11.5 Å². The zero-order chi connectivity index (χ0) is 31.8. The maximum atomic E-state index is 12.9. The van der Waals surface area contributed by atoms with E-state index in [1.165, 1.54) is 0 Å². The Morgan fingerprint density at radius 1 is 0.750 bits per heavy atom. The lowest BCUT2D eigenvalue weighted by Gasteiger charge is -2.15. The van der Waals surface area contributed by atoms with Crippen LogP contribution in [0.3, 0.4) is 0 Å². The van der Waals surface area contributed by atoms with Crippen LogP contribution in [0, 0.1) is 0 Å². The minimum absolute atomic E-state index is 0.00296. The van der Waals surface area contributed by atoms with Crippen molar-refractivity contribution in [3.8, 4) is 11.5 Å². The summed E-state index contributed by atoms with van der Waals surface area (Å²) in [5, 5.41) is 17.9. The van der Waals surface area contributed by atoms with E-state index in [1.807, 2.05) is 54.6 Å². The van der Waals surface area contributed by atoms with Crippen LogP contribution in [0.2, 0.25) is 0 Å². The molecule has 1 atom stereocenters. The molecule has 0 aromatic heterocycles. The summed E-state index contributed by atoms with van der Waals surface area (Å²) in [6.45, 7) is 8.31. The Morgan fingerprint density at radius 2 is 1.25 bits per heavy atom. The van der Waals surface area contributed by atoms with Gasteiger partial charge in [0.2, 0.25) is 0 Å². The van der Waals surface area contributed by atoms with E-state index in [1.54, 1.807) is 6.08 Å². The fourth-order valence-corrected chi connectivity index (χ4v) is 4.48. The van der Waals surface area contributed by atoms with Crippen molar-refractivity contribution in [2.24, 2.45) is 11.5 Å². The molecular formula is C36H56N4O4. The highest BCUT2D eigenvalue weighted by atomic mass is 16.5. The summed E-state index contributed by atoms with van der Waals surface area (Å²) < 4.78 is 11.3. The minimum atomic E-state index is -0.683. The number of nitrogens with one attached hydrogen (secondary N) is 2. The second-order valence-electron chi connectivity index (χ2n) is 11.0. The number of hydrogen-bond acceptors (Lipinski definition) is 8. The van der Waals surface area contributed by atoms with E-state index >= 15 is 0 Å². The Morgan fingerprint density at radius 3 is 1.77 bits per heavy atom. The van der Waals surface area contributed by atoms with Crippen LogP contribution in [0.1, 0.15) is 100 Å². The van der Waals surface area contributed by atoms with Gasteiger partial charge in [0.15, 0.2) is 5.78 Å². The number of ketones is 1. The van der Waals surface area contributed by atoms with Crippen LogP contribution < -0.4 is 31.6 Å². The molecule has 0 saturated heterocycles. The van der Waals surface area contributed by atoms with Gasteiger partial charge in [0.1, 0.15) is 11.5 Å². The first kappa shape index (κ1) is 36.9. The number of allylic oxidation sites excluding steroid dienone is 3. The van der Waals surface area contributed by atoms with E-state index in [2.05, 4.69) is 24.5 Å². The second-order valence-corrected chi connectivity index (χ2v) is 11.0. The minimum Gasteiger partial charge on any atom is -0.494 e. The lowest BCUT2D eigenvalue weighted by molar-refractivity contribution is 0.104. The van der Waals surface area contributed by atoms with Gasteiger partial charge in [-0.2, -0.15) is 0 Å². The van der Waals surface area contributed by atoms with E-state index in [9.17, 15) is 9.90 Å². The maximum absolute atomic E-state index is 12.9. The van der Waals surface area contributed by atoms with Crippen LogP contribution >= 0.6 is 0 Å². The number of benzene rings is 2.